The van der Waals surface area contributed by atoms with Crippen LogP contribution in [0, 0.1) is 5.92 Å². The smallest absolute Gasteiger partial charge is 0.261 e. The van der Waals surface area contributed by atoms with Gasteiger partial charge in [0.1, 0.15) is 0 Å². The van der Waals surface area contributed by atoms with E-state index in [1.54, 1.807) is 0 Å². The number of rotatable bonds is 2. The first-order chi connectivity index (χ1) is 7.68. The van der Waals surface area contributed by atoms with Gasteiger partial charge < -0.3 is 10.6 Å². The summed E-state index contributed by atoms with van der Waals surface area (Å²) in [6, 6.07) is 4.37. The number of piperidine rings is 1. The van der Waals surface area contributed by atoms with Crippen LogP contribution in [0.3, 0.4) is 0 Å². The zero-order valence-corrected chi connectivity index (χ0v) is 10.5. The van der Waals surface area contributed by atoms with E-state index >= 15 is 0 Å². The molecule has 0 spiro atoms. The van der Waals surface area contributed by atoms with Crippen molar-refractivity contribution in [2.24, 2.45) is 5.92 Å². The monoisotopic (exact) mass is 238 g/mol. The summed E-state index contributed by atoms with van der Waals surface area (Å²) in [5.74, 6) is 0.600. The zero-order chi connectivity index (χ0) is 11.5. The maximum absolute atomic E-state index is 11.9. The van der Waals surface area contributed by atoms with Crippen molar-refractivity contribution >= 4 is 17.2 Å². The summed E-state index contributed by atoms with van der Waals surface area (Å²) in [6.45, 7) is 5.39. The van der Waals surface area contributed by atoms with E-state index in [4.69, 9.17) is 0 Å². The molecule has 1 saturated heterocycles. The predicted octanol–water partition coefficient (Wildman–Crippen LogP) is 1.86. The molecular weight excluding hydrogens is 220 g/mol. The molecule has 16 heavy (non-hydrogen) atoms. The lowest BCUT2D eigenvalue weighted by Gasteiger charge is -2.35. The van der Waals surface area contributed by atoms with Crippen LogP contribution in [0.1, 0.15) is 29.9 Å². The molecule has 88 valence electrons. The number of hydrogen-bond donors (Lipinski definition) is 2. The Morgan fingerprint density at radius 3 is 3.00 bits per heavy atom. The van der Waals surface area contributed by atoms with Crippen LogP contribution in [0.4, 0.5) is 0 Å². The lowest BCUT2D eigenvalue weighted by atomic mass is 9.89. The van der Waals surface area contributed by atoms with Crippen LogP contribution < -0.4 is 10.6 Å². The molecule has 3 unspecified atom stereocenters. The third-order valence-electron chi connectivity index (χ3n) is 3.26. The van der Waals surface area contributed by atoms with Crippen LogP contribution in [0.5, 0.6) is 0 Å². The second kappa shape index (κ2) is 4.97. The number of amides is 1. The van der Waals surface area contributed by atoms with Crippen molar-refractivity contribution in [3.8, 4) is 0 Å². The third-order valence-corrected chi connectivity index (χ3v) is 4.13. The van der Waals surface area contributed by atoms with Crippen molar-refractivity contribution in [2.75, 3.05) is 6.54 Å². The van der Waals surface area contributed by atoms with Crippen LogP contribution in [-0.2, 0) is 0 Å². The third kappa shape index (κ3) is 2.44. The highest BCUT2D eigenvalue weighted by Gasteiger charge is 2.28. The highest BCUT2D eigenvalue weighted by molar-refractivity contribution is 7.12. The molecule has 1 fully saturated rings. The first-order valence-corrected chi connectivity index (χ1v) is 6.64. The fourth-order valence-corrected chi connectivity index (χ4v) is 2.86. The van der Waals surface area contributed by atoms with Crippen molar-refractivity contribution < 1.29 is 4.79 Å². The van der Waals surface area contributed by atoms with Crippen LogP contribution in [0.2, 0.25) is 0 Å². The van der Waals surface area contributed by atoms with Crippen molar-refractivity contribution in [1.82, 2.24) is 10.6 Å². The molecule has 1 aliphatic heterocycles. The van der Waals surface area contributed by atoms with Gasteiger partial charge in [-0.1, -0.05) is 13.0 Å². The Balaban J connectivity index is 2.00. The van der Waals surface area contributed by atoms with Crippen molar-refractivity contribution in [2.45, 2.75) is 32.4 Å². The highest BCUT2D eigenvalue weighted by Crippen LogP contribution is 2.17. The quantitative estimate of drug-likeness (QED) is 0.826. The molecule has 0 aromatic carbocycles. The number of hydrogen-bond acceptors (Lipinski definition) is 3. The Hall–Kier alpha value is -0.870. The van der Waals surface area contributed by atoms with Gasteiger partial charge in [0, 0.05) is 12.1 Å². The first-order valence-electron chi connectivity index (χ1n) is 5.76. The lowest BCUT2D eigenvalue weighted by Crippen LogP contribution is -2.55. The number of thiophene rings is 1. The summed E-state index contributed by atoms with van der Waals surface area (Å²) in [6.07, 6.45) is 1.12. The lowest BCUT2D eigenvalue weighted by molar-refractivity contribution is 0.0902. The summed E-state index contributed by atoms with van der Waals surface area (Å²) in [4.78, 5) is 12.7. The van der Waals surface area contributed by atoms with E-state index < -0.39 is 0 Å². The van der Waals surface area contributed by atoms with Gasteiger partial charge in [-0.25, -0.2) is 0 Å². The molecule has 0 aliphatic carbocycles. The second-order valence-electron chi connectivity index (χ2n) is 4.49. The predicted molar refractivity (Wildman–Crippen MR) is 66.8 cm³/mol. The average Bonchev–Trinajstić information content (AvgIpc) is 2.76. The van der Waals surface area contributed by atoms with Gasteiger partial charge in [0.15, 0.2) is 0 Å². The van der Waals surface area contributed by atoms with Crippen molar-refractivity contribution in [1.29, 1.82) is 0 Å². The molecular formula is C12H18N2OS. The summed E-state index contributed by atoms with van der Waals surface area (Å²) >= 11 is 1.49. The van der Waals surface area contributed by atoms with E-state index in [0.717, 1.165) is 17.8 Å². The van der Waals surface area contributed by atoms with E-state index in [1.165, 1.54) is 11.3 Å². The highest BCUT2D eigenvalue weighted by atomic mass is 32.1. The minimum Gasteiger partial charge on any atom is -0.347 e. The fraction of sp³-hybridized carbons (Fsp3) is 0.583. The number of nitrogens with one attached hydrogen (secondary N) is 2. The molecule has 0 radical (unpaired) electrons. The standard InChI is InChI=1S/C12H18N2OS/c1-8-5-6-13-9(2)11(8)14-12(15)10-4-3-7-16-10/h3-4,7-9,11,13H,5-6H2,1-2H3,(H,14,15). The van der Waals surface area contributed by atoms with Gasteiger partial charge in [-0.05, 0) is 37.3 Å². The summed E-state index contributed by atoms with van der Waals surface area (Å²) < 4.78 is 0. The Morgan fingerprint density at radius 1 is 1.56 bits per heavy atom. The zero-order valence-electron chi connectivity index (χ0n) is 9.69. The number of carbonyl (C=O) groups is 1. The van der Waals surface area contributed by atoms with Crippen molar-refractivity contribution in [3.63, 3.8) is 0 Å². The summed E-state index contributed by atoms with van der Waals surface area (Å²) in [5, 5.41) is 8.46. The number of carbonyl (C=O) groups excluding carboxylic acids is 1. The Kier molecular flexibility index (Phi) is 3.61. The van der Waals surface area contributed by atoms with E-state index in [2.05, 4.69) is 24.5 Å². The molecule has 4 heteroatoms. The molecule has 0 saturated carbocycles. The Labute approximate surface area is 100 Å². The Bertz CT molecular complexity index is 340. The normalized spacial score (nSPS) is 30.0. The van der Waals surface area contributed by atoms with Crippen LogP contribution >= 0.6 is 11.3 Å². The van der Waals surface area contributed by atoms with Gasteiger partial charge in [-0.3, -0.25) is 4.79 Å². The molecule has 2 rings (SSSR count). The van der Waals surface area contributed by atoms with Gasteiger partial charge in [0.2, 0.25) is 0 Å². The van der Waals surface area contributed by atoms with Gasteiger partial charge >= 0.3 is 0 Å². The summed E-state index contributed by atoms with van der Waals surface area (Å²) in [7, 11) is 0. The van der Waals surface area contributed by atoms with E-state index in [0.29, 0.717) is 12.0 Å². The molecule has 2 N–H and O–H groups in total. The fourth-order valence-electron chi connectivity index (χ4n) is 2.24. The van der Waals surface area contributed by atoms with E-state index in [-0.39, 0.29) is 11.9 Å². The minimum atomic E-state index is 0.0578. The van der Waals surface area contributed by atoms with Gasteiger partial charge in [-0.2, -0.15) is 0 Å². The molecule has 2 heterocycles. The first kappa shape index (κ1) is 11.6. The van der Waals surface area contributed by atoms with E-state index in [1.807, 2.05) is 17.5 Å². The van der Waals surface area contributed by atoms with Crippen LogP contribution in [0.25, 0.3) is 0 Å². The molecule has 3 atom stereocenters. The minimum absolute atomic E-state index is 0.0578. The van der Waals surface area contributed by atoms with Gasteiger partial charge in [-0.15, -0.1) is 11.3 Å². The van der Waals surface area contributed by atoms with Crippen LogP contribution in [0.15, 0.2) is 17.5 Å². The Morgan fingerprint density at radius 2 is 2.38 bits per heavy atom. The second-order valence-corrected chi connectivity index (χ2v) is 5.43. The molecule has 0 bridgehead atoms. The SMILES string of the molecule is CC1CCNC(C)C1NC(=O)c1cccs1. The average molecular weight is 238 g/mol. The molecule has 1 aromatic rings. The molecule has 1 amide bonds. The summed E-state index contributed by atoms with van der Waals surface area (Å²) in [5.41, 5.74) is 0. The van der Waals surface area contributed by atoms with Crippen molar-refractivity contribution in [3.05, 3.63) is 22.4 Å². The maximum Gasteiger partial charge on any atom is 0.261 e. The van der Waals surface area contributed by atoms with E-state index in [9.17, 15) is 4.79 Å². The van der Waals surface area contributed by atoms with Crippen LogP contribution in [-0.4, -0.2) is 24.5 Å². The van der Waals surface area contributed by atoms with Gasteiger partial charge in [0.05, 0.1) is 4.88 Å². The molecule has 3 nitrogen and oxygen atoms in total. The maximum atomic E-state index is 11.9. The topological polar surface area (TPSA) is 41.1 Å². The molecule has 1 aromatic heterocycles. The molecule has 1 aliphatic rings. The van der Waals surface area contributed by atoms with Gasteiger partial charge in [0.25, 0.3) is 5.91 Å². The largest absolute Gasteiger partial charge is 0.347 e.